The van der Waals surface area contributed by atoms with Crippen molar-refractivity contribution < 1.29 is 9.32 Å². The molecule has 4 rings (SSSR count). The Morgan fingerprint density at radius 3 is 2.44 bits per heavy atom. The van der Waals surface area contributed by atoms with Crippen molar-refractivity contribution in [1.29, 1.82) is 0 Å². The lowest BCUT2D eigenvalue weighted by Crippen LogP contribution is -2.40. The number of aryl methyl sites for hydroxylation is 1. The van der Waals surface area contributed by atoms with Crippen molar-refractivity contribution in [3.05, 3.63) is 65.5 Å². The number of hydrogen-bond acceptors (Lipinski definition) is 6. The lowest BCUT2D eigenvalue weighted by molar-refractivity contribution is -0.126. The zero-order chi connectivity index (χ0) is 25.5. The van der Waals surface area contributed by atoms with Crippen molar-refractivity contribution in [3.8, 4) is 11.4 Å². The van der Waals surface area contributed by atoms with Crippen LogP contribution in [0.3, 0.4) is 0 Å². The van der Waals surface area contributed by atoms with Crippen LogP contribution in [-0.2, 0) is 16.8 Å². The van der Waals surface area contributed by atoms with E-state index in [0.29, 0.717) is 18.3 Å². The van der Waals surface area contributed by atoms with Gasteiger partial charge in [-0.15, -0.1) is 11.8 Å². The molecule has 1 N–H and O–H groups in total. The van der Waals surface area contributed by atoms with E-state index < -0.39 is 0 Å². The van der Waals surface area contributed by atoms with Gasteiger partial charge in [-0.3, -0.25) is 9.69 Å². The third kappa shape index (κ3) is 7.43. The van der Waals surface area contributed by atoms with Gasteiger partial charge in [-0.2, -0.15) is 4.98 Å². The van der Waals surface area contributed by atoms with Crippen LogP contribution in [-0.4, -0.2) is 46.3 Å². The van der Waals surface area contributed by atoms with Crippen LogP contribution in [0.15, 0.2) is 57.9 Å². The number of nitrogens with one attached hydrogen (secondary N) is 1. The predicted molar refractivity (Wildman–Crippen MR) is 146 cm³/mol. The fourth-order valence-electron chi connectivity index (χ4n) is 4.35. The van der Waals surface area contributed by atoms with E-state index in [1.807, 2.05) is 11.8 Å². The Hall–Kier alpha value is -2.64. The maximum absolute atomic E-state index is 12.6. The number of amides is 1. The molecular formula is C29H38N4O2S. The topological polar surface area (TPSA) is 71.3 Å². The van der Waals surface area contributed by atoms with Gasteiger partial charge in [0.1, 0.15) is 0 Å². The molecule has 192 valence electrons. The van der Waals surface area contributed by atoms with Crippen LogP contribution in [0.5, 0.6) is 0 Å². The zero-order valence-electron chi connectivity index (χ0n) is 21.9. The minimum absolute atomic E-state index is 0.0885. The molecule has 1 saturated heterocycles. The van der Waals surface area contributed by atoms with E-state index in [9.17, 15) is 4.79 Å². The first-order valence-corrected chi connectivity index (χ1v) is 13.9. The van der Waals surface area contributed by atoms with Crippen LogP contribution in [0, 0.1) is 12.8 Å². The molecule has 0 saturated carbocycles. The molecule has 1 aliphatic rings. The van der Waals surface area contributed by atoms with E-state index in [1.165, 1.54) is 16.0 Å². The molecule has 0 spiro atoms. The largest absolute Gasteiger partial charge is 0.356 e. The van der Waals surface area contributed by atoms with Crippen LogP contribution >= 0.6 is 11.8 Å². The summed E-state index contributed by atoms with van der Waals surface area (Å²) < 4.78 is 5.52. The molecule has 7 heteroatoms. The van der Waals surface area contributed by atoms with E-state index in [1.54, 1.807) is 0 Å². The number of likely N-dealkylation sites (tertiary alicyclic amines) is 1. The average Bonchev–Trinajstić information content (AvgIpc) is 3.33. The van der Waals surface area contributed by atoms with Crippen molar-refractivity contribution in [2.75, 3.05) is 25.4 Å². The number of rotatable bonds is 9. The molecular weight excluding hydrogens is 468 g/mol. The lowest BCUT2D eigenvalue weighted by Gasteiger charge is -2.30. The molecule has 6 nitrogen and oxygen atoms in total. The molecule has 0 aliphatic carbocycles. The number of piperidine rings is 1. The van der Waals surface area contributed by atoms with Crippen molar-refractivity contribution in [1.82, 2.24) is 20.4 Å². The van der Waals surface area contributed by atoms with Crippen LogP contribution < -0.4 is 5.32 Å². The van der Waals surface area contributed by atoms with Gasteiger partial charge in [0, 0.05) is 22.9 Å². The minimum Gasteiger partial charge on any atom is -0.356 e. The third-order valence-electron chi connectivity index (χ3n) is 6.70. The lowest BCUT2D eigenvalue weighted by atomic mass is 9.87. The predicted octanol–water partition coefficient (Wildman–Crippen LogP) is 5.85. The first-order valence-electron chi connectivity index (χ1n) is 12.9. The normalized spacial score (nSPS) is 15.2. The first kappa shape index (κ1) is 26.4. The highest BCUT2D eigenvalue weighted by atomic mass is 32.2. The van der Waals surface area contributed by atoms with E-state index in [0.717, 1.165) is 50.2 Å². The monoisotopic (exact) mass is 506 g/mol. The quantitative estimate of drug-likeness (QED) is 0.290. The first-order chi connectivity index (χ1) is 17.3. The number of thioether (sulfide) groups is 1. The fourth-order valence-corrected chi connectivity index (χ4v) is 5.21. The summed E-state index contributed by atoms with van der Waals surface area (Å²) in [5, 5.41) is 7.32. The Morgan fingerprint density at radius 1 is 1.08 bits per heavy atom. The summed E-state index contributed by atoms with van der Waals surface area (Å²) in [5.74, 6) is 2.53. The van der Waals surface area contributed by atoms with Crippen molar-refractivity contribution in [3.63, 3.8) is 0 Å². The minimum atomic E-state index is 0.0885. The number of benzene rings is 2. The third-order valence-corrected chi connectivity index (χ3v) is 7.80. The molecule has 2 aromatic carbocycles. The van der Waals surface area contributed by atoms with E-state index in [2.05, 4.69) is 96.6 Å². The summed E-state index contributed by atoms with van der Waals surface area (Å²) in [5.41, 5.74) is 3.64. The molecule has 0 radical (unpaired) electrons. The number of hydrogen-bond donors (Lipinski definition) is 1. The molecule has 0 bridgehead atoms. The maximum Gasteiger partial charge on any atom is 0.241 e. The van der Waals surface area contributed by atoms with Crippen molar-refractivity contribution in [2.24, 2.45) is 5.92 Å². The van der Waals surface area contributed by atoms with Crippen LogP contribution in [0.1, 0.15) is 57.1 Å². The molecule has 1 aliphatic heterocycles. The van der Waals surface area contributed by atoms with Crippen LogP contribution in [0.25, 0.3) is 11.4 Å². The summed E-state index contributed by atoms with van der Waals surface area (Å²) in [4.78, 5) is 20.8. The maximum atomic E-state index is 12.6. The molecule has 1 amide bonds. The highest BCUT2D eigenvalue weighted by Gasteiger charge is 2.26. The summed E-state index contributed by atoms with van der Waals surface area (Å²) in [7, 11) is 0. The smallest absolute Gasteiger partial charge is 0.241 e. The van der Waals surface area contributed by atoms with Gasteiger partial charge in [0.05, 0.1) is 6.54 Å². The molecule has 3 aromatic rings. The molecule has 2 heterocycles. The summed E-state index contributed by atoms with van der Waals surface area (Å²) in [6.07, 6.45) is 2.69. The van der Waals surface area contributed by atoms with Gasteiger partial charge in [0.2, 0.25) is 17.6 Å². The fraction of sp³-hybridized carbons (Fsp3) is 0.483. The Bertz CT molecular complexity index is 1110. The van der Waals surface area contributed by atoms with Gasteiger partial charge in [-0.1, -0.05) is 67.9 Å². The van der Waals surface area contributed by atoms with Gasteiger partial charge in [0.15, 0.2) is 0 Å². The van der Waals surface area contributed by atoms with E-state index in [4.69, 9.17) is 4.52 Å². The van der Waals surface area contributed by atoms with Crippen molar-refractivity contribution >= 4 is 17.7 Å². The molecule has 36 heavy (non-hydrogen) atoms. The summed E-state index contributed by atoms with van der Waals surface area (Å²) in [6.45, 7) is 11.8. The standard InChI is InChI=1S/C29H38N4O2S/c1-21-6-12-25(13-7-21)36-19-5-16-30-28(34)23-14-17-33(18-15-23)20-26-31-27(32-35-26)22-8-10-24(11-9-22)29(2,3)4/h6-13,23H,5,14-20H2,1-4H3,(H,30,34). The van der Waals surface area contributed by atoms with E-state index >= 15 is 0 Å². The molecule has 0 atom stereocenters. The molecule has 1 aromatic heterocycles. The number of carbonyl (C=O) groups is 1. The van der Waals surface area contributed by atoms with Gasteiger partial charge in [-0.05, 0) is 68.1 Å². The number of nitrogens with zero attached hydrogens (tertiary/aromatic N) is 3. The van der Waals surface area contributed by atoms with E-state index in [-0.39, 0.29) is 17.2 Å². The second-order valence-corrected chi connectivity index (χ2v) is 11.9. The highest BCUT2D eigenvalue weighted by Crippen LogP contribution is 2.26. The Kier molecular flexibility index (Phi) is 8.86. The second-order valence-electron chi connectivity index (χ2n) is 10.7. The summed E-state index contributed by atoms with van der Waals surface area (Å²) >= 11 is 1.84. The van der Waals surface area contributed by atoms with Gasteiger partial charge < -0.3 is 9.84 Å². The van der Waals surface area contributed by atoms with Gasteiger partial charge in [0.25, 0.3) is 0 Å². The second kappa shape index (κ2) is 12.1. The zero-order valence-corrected chi connectivity index (χ0v) is 22.7. The highest BCUT2D eigenvalue weighted by molar-refractivity contribution is 7.99. The SMILES string of the molecule is Cc1ccc(SCCCNC(=O)C2CCN(Cc3nc(-c4ccc(C(C)(C)C)cc4)no3)CC2)cc1. The Labute approximate surface area is 219 Å². The van der Waals surface area contributed by atoms with Crippen LogP contribution in [0.4, 0.5) is 0 Å². The Balaban J connectivity index is 1.15. The molecule has 0 unspecified atom stereocenters. The Morgan fingerprint density at radius 2 is 1.78 bits per heavy atom. The number of carbonyl (C=O) groups excluding carboxylic acids is 1. The summed E-state index contributed by atoms with van der Waals surface area (Å²) in [6, 6.07) is 17.0. The van der Waals surface area contributed by atoms with Gasteiger partial charge >= 0.3 is 0 Å². The van der Waals surface area contributed by atoms with Crippen LogP contribution in [0.2, 0.25) is 0 Å². The average molecular weight is 507 g/mol. The molecule has 1 fully saturated rings. The van der Waals surface area contributed by atoms with Crippen molar-refractivity contribution in [2.45, 2.75) is 63.8 Å². The van der Waals surface area contributed by atoms with Gasteiger partial charge in [-0.25, -0.2) is 0 Å². The number of aromatic nitrogens is 2.